The highest BCUT2D eigenvalue weighted by Gasteiger charge is 2.03. The predicted molar refractivity (Wildman–Crippen MR) is 80.4 cm³/mol. The minimum atomic E-state index is 0.684. The summed E-state index contributed by atoms with van der Waals surface area (Å²) in [6.07, 6.45) is 0.853. The van der Waals surface area contributed by atoms with E-state index in [9.17, 15) is 4.79 Å². The maximum absolute atomic E-state index is 10.7. The maximum atomic E-state index is 10.7. The second kappa shape index (κ2) is 5.53. The van der Waals surface area contributed by atoms with E-state index in [1.165, 1.54) is 5.56 Å². The van der Waals surface area contributed by atoms with Crippen LogP contribution in [0.25, 0.3) is 5.70 Å². The Kier molecular flexibility index (Phi) is 3.81. The highest BCUT2D eigenvalue weighted by molar-refractivity contribution is 5.80. The number of benzene rings is 2. The number of hydrogen-bond donors (Lipinski definition) is 1. The standard InChI is InChI=1S/C17H17NO/c1-12-4-7-16(8-5-12)14(3)18-17-9-6-15(11-19)10-13(17)2/h4-11,18H,3H2,1-2H3. The van der Waals surface area contributed by atoms with Crippen LogP contribution in [0.2, 0.25) is 0 Å². The molecule has 2 heteroatoms. The lowest BCUT2D eigenvalue weighted by Gasteiger charge is -2.12. The molecule has 0 unspecified atom stereocenters. The Morgan fingerprint density at radius 3 is 2.37 bits per heavy atom. The van der Waals surface area contributed by atoms with E-state index in [-0.39, 0.29) is 0 Å². The fourth-order valence-electron chi connectivity index (χ4n) is 1.89. The highest BCUT2D eigenvalue weighted by atomic mass is 16.1. The monoisotopic (exact) mass is 251 g/mol. The van der Waals surface area contributed by atoms with Crippen LogP contribution in [0.3, 0.4) is 0 Å². The van der Waals surface area contributed by atoms with E-state index in [2.05, 4.69) is 31.0 Å². The maximum Gasteiger partial charge on any atom is 0.150 e. The number of aldehydes is 1. The normalized spacial score (nSPS) is 10.0. The molecule has 0 fully saturated rings. The van der Waals surface area contributed by atoms with Gasteiger partial charge in [0.1, 0.15) is 6.29 Å². The van der Waals surface area contributed by atoms with Crippen molar-refractivity contribution in [1.29, 1.82) is 0 Å². The third kappa shape index (κ3) is 3.10. The first-order valence-corrected chi connectivity index (χ1v) is 6.19. The number of carbonyl (C=O) groups excluding carboxylic acids is 1. The Hall–Kier alpha value is -2.35. The molecule has 0 spiro atoms. The van der Waals surface area contributed by atoms with E-state index in [4.69, 9.17) is 0 Å². The Morgan fingerprint density at radius 2 is 1.79 bits per heavy atom. The lowest BCUT2D eigenvalue weighted by Crippen LogP contribution is -1.99. The summed E-state index contributed by atoms with van der Waals surface area (Å²) in [4.78, 5) is 10.7. The average molecular weight is 251 g/mol. The largest absolute Gasteiger partial charge is 0.355 e. The van der Waals surface area contributed by atoms with Crippen LogP contribution < -0.4 is 5.32 Å². The Bertz CT molecular complexity index is 612. The fraction of sp³-hybridized carbons (Fsp3) is 0.118. The minimum absolute atomic E-state index is 0.684. The molecule has 0 aliphatic heterocycles. The smallest absolute Gasteiger partial charge is 0.150 e. The van der Waals surface area contributed by atoms with E-state index in [1.807, 2.05) is 31.2 Å². The summed E-state index contributed by atoms with van der Waals surface area (Å²) in [5.74, 6) is 0. The number of nitrogens with one attached hydrogen (secondary N) is 1. The Labute approximate surface area is 113 Å². The number of carbonyl (C=O) groups is 1. The lowest BCUT2D eigenvalue weighted by atomic mass is 10.1. The van der Waals surface area contributed by atoms with Gasteiger partial charge in [0.15, 0.2) is 0 Å². The zero-order valence-electron chi connectivity index (χ0n) is 11.2. The summed E-state index contributed by atoms with van der Waals surface area (Å²) in [5.41, 5.74) is 5.81. The van der Waals surface area contributed by atoms with Crippen molar-refractivity contribution in [2.45, 2.75) is 13.8 Å². The molecule has 1 N–H and O–H groups in total. The van der Waals surface area contributed by atoms with Crippen molar-refractivity contribution in [3.63, 3.8) is 0 Å². The van der Waals surface area contributed by atoms with E-state index >= 15 is 0 Å². The highest BCUT2D eigenvalue weighted by Crippen LogP contribution is 2.21. The molecule has 2 rings (SSSR count). The molecule has 0 heterocycles. The molecular weight excluding hydrogens is 234 g/mol. The van der Waals surface area contributed by atoms with E-state index in [0.717, 1.165) is 28.8 Å². The van der Waals surface area contributed by atoms with Gasteiger partial charge in [-0.25, -0.2) is 0 Å². The van der Waals surface area contributed by atoms with Crippen molar-refractivity contribution >= 4 is 17.7 Å². The first kappa shape index (κ1) is 13.1. The fourth-order valence-corrected chi connectivity index (χ4v) is 1.89. The summed E-state index contributed by atoms with van der Waals surface area (Å²) in [6.45, 7) is 8.08. The van der Waals surface area contributed by atoms with Crippen LogP contribution in [0, 0.1) is 13.8 Å². The summed E-state index contributed by atoms with van der Waals surface area (Å²) < 4.78 is 0. The summed E-state index contributed by atoms with van der Waals surface area (Å²) in [7, 11) is 0. The Morgan fingerprint density at radius 1 is 1.11 bits per heavy atom. The summed E-state index contributed by atoms with van der Waals surface area (Å²) in [5, 5.41) is 3.29. The lowest BCUT2D eigenvalue weighted by molar-refractivity contribution is 0.112. The quantitative estimate of drug-likeness (QED) is 0.825. The van der Waals surface area contributed by atoms with Gasteiger partial charge in [0.25, 0.3) is 0 Å². The van der Waals surface area contributed by atoms with Gasteiger partial charge in [-0.3, -0.25) is 4.79 Å². The second-order valence-electron chi connectivity index (χ2n) is 4.66. The number of hydrogen-bond acceptors (Lipinski definition) is 2. The van der Waals surface area contributed by atoms with Gasteiger partial charge in [-0.2, -0.15) is 0 Å². The zero-order valence-corrected chi connectivity index (χ0v) is 11.2. The van der Waals surface area contributed by atoms with Crippen LogP contribution in [-0.4, -0.2) is 6.29 Å². The van der Waals surface area contributed by atoms with Crippen LogP contribution in [0.15, 0.2) is 49.0 Å². The molecule has 0 saturated heterocycles. The molecule has 0 bridgehead atoms. The van der Waals surface area contributed by atoms with Crippen LogP contribution in [0.4, 0.5) is 5.69 Å². The van der Waals surface area contributed by atoms with Gasteiger partial charge in [0, 0.05) is 16.9 Å². The zero-order chi connectivity index (χ0) is 13.8. The van der Waals surface area contributed by atoms with Gasteiger partial charge in [-0.1, -0.05) is 36.4 Å². The van der Waals surface area contributed by atoms with Crippen molar-refractivity contribution in [2.24, 2.45) is 0 Å². The van der Waals surface area contributed by atoms with Crippen molar-refractivity contribution in [3.05, 3.63) is 71.3 Å². The third-order valence-electron chi connectivity index (χ3n) is 3.07. The molecule has 0 amide bonds. The molecule has 2 nitrogen and oxygen atoms in total. The van der Waals surface area contributed by atoms with Crippen molar-refractivity contribution in [1.82, 2.24) is 0 Å². The molecule has 0 radical (unpaired) electrons. The molecule has 2 aromatic carbocycles. The molecular formula is C17H17NO. The van der Waals surface area contributed by atoms with Crippen LogP contribution in [0.5, 0.6) is 0 Å². The van der Waals surface area contributed by atoms with Crippen LogP contribution in [0.1, 0.15) is 27.0 Å². The van der Waals surface area contributed by atoms with Gasteiger partial charge in [0.2, 0.25) is 0 Å². The van der Waals surface area contributed by atoms with Crippen molar-refractivity contribution in [2.75, 3.05) is 5.32 Å². The first-order chi connectivity index (χ1) is 9.10. The number of rotatable bonds is 4. The SMILES string of the molecule is C=C(Nc1ccc(C=O)cc1C)c1ccc(C)cc1. The predicted octanol–water partition coefficient (Wildman–Crippen LogP) is 4.20. The molecule has 0 aliphatic rings. The van der Waals surface area contributed by atoms with Gasteiger partial charge in [-0.15, -0.1) is 0 Å². The summed E-state index contributed by atoms with van der Waals surface area (Å²) >= 11 is 0. The topological polar surface area (TPSA) is 29.1 Å². The van der Waals surface area contributed by atoms with E-state index < -0.39 is 0 Å². The molecule has 0 saturated carbocycles. The van der Waals surface area contributed by atoms with Gasteiger partial charge in [-0.05, 0) is 43.2 Å². The van der Waals surface area contributed by atoms with Gasteiger partial charge < -0.3 is 5.32 Å². The van der Waals surface area contributed by atoms with Crippen molar-refractivity contribution < 1.29 is 4.79 Å². The van der Waals surface area contributed by atoms with E-state index in [1.54, 1.807) is 6.07 Å². The summed E-state index contributed by atoms with van der Waals surface area (Å²) in [6, 6.07) is 13.8. The average Bonchev–Trinajstić information content (AvgIpc) is 2.41. The Balaban J connectivity index is 2.19. The molecule has 0 atom stereocenters. The van der Waals surface area contributed by atoms with Crippen molar-refractivity contribution in [3.8, 4) is 0 Å². The molecule has 96 valence electrons. The molecule has 19 heavy (non-hydrogen) atoms. The number of anilines is 1. The first-order valence-electron chi connectivity index (χ1n) is 6.19. The van der Waals surface area contributed by atoms with E-state index in [0.29, 0.717) is 5.56 Å². The molecule has 0 aliphatic carbocycles. The second-order valence-corrected chi connectivity index (χ2v) is 4.66. The molecule has 0 aromatic heterocycles. The minimum Gasteiger partial charge on any atom is -0.355 e. The third-order valence-corrected chi connectivity index (χ3v) is 3.07. The van der Waals surface area contributed by atoms with Gasteiger partial charge >= 0.3 is 0 Å². The van der Waals surface area contributed by atoms with Crippen LogP contribution >= 0.6 is 0 Å². The van der Waals surface area contributed by atoms with Crippen LogP contribution in [-0.2, 0) is 0 Å². The van der Waals surface area contributed by atoms with Gasteiger partial charge in [0.05, 0.1) is 0 Å². The number of aryl methyl sites for hydroxylation is 2. The molecule has 2 aromatic rings.